The summed E-state index contributed by atoms with van der Waals surface area (Å²) in [5.41, 5.74) is 6.60. The molecule has 1 nitrogen and oxygen atoms in total. The number of nitrogens with zero attached hydrogens (tertiary/aromatic N) is 1. The van der Waals surface area contributed by atoms with E-state index in [0.717, 1.165) is 23.9 Å². The smallest absolute Gasteiger partial charge is 0.0791 e. The zero-order valence-electron chi connectivity index (χ0n) is 14.1. The van der Waals surface area contributed by atoms with Crippen LogP contribution in [0, 0.1) is 6.92 Å². The molecule has 0 saturated carbocycles. The molecule has 0 saturated heterocycles. The Labute approximate surface area is 145 Å². The summed E-state index contributed by atoms with van der Waals surface area (Å²) in [6.45, 7) is 2.25. The summed E-state index contributed by atoms with van der Waals surface area (Å²) >= 11 is 0. The van der Waals surface area contributed by atoms with Gasteiger partial charge in [-0.2, -0.15) is 0 Å². The van der Waals surface area contributed by atoms with Crippen molar-refractivity contribution in [3.63, 3.8) is 0 Å². The van der Waals surface area contributed by atoms with Gasteiger partial charge in [0.2, 0.25) is 0 Å². The molecular formula is C24H17N. The number of aromatic nitrogens is 1. The first kappa shape index (κ1) is 13.4. The Balaban J connectivity index is 1.92. The first-order valence-corrected chi connectivity index (χ1v) is 8.96. The van der Waals surface area contributed by atoms with E-state index in [4.69, 9.17) is 4.98 Å². The van der Waals surface area contributed by atoms with Gasteiger partial charge in [-0.3, -0.25) is 0 Å². The quantitative estimate of drug-likeness (QED) is 0.248. The number of hydrogen-bond acceptors (Lipinski definition) is 1. The first-order chi connectivity index (χ1) is 12.3. The summed E-state index contributed by atoms with van der Waals surface area (Å²) in [6, 6.07) is 22.1. The molecule has 0 N–H and O–H groups in total. The lowest BCUT2D eigenvalue weighted by atomic mass is 9.95. The zero-order chi connectivity index (χ0) is 16.5. The normalized spacial score (nSPS) is 13.5. The predicted molar refractivity (Wildman–Crippen MR) is 106 cm³/mol. The van der Waals surface area contributed by atoms with Crippen molar-refractivity contribution in [2.45, 2.75) is 19.8 Å². The van der Waals surface area contributed by atoms with Crippen LogP contribution in [0.3, 0.4) is 0 Å². The van der Waals surface area contributed by atoms with E-state index in [0.29, 0.717) is 0 Å². The lowest BCUT2D eigenvalue weighted by molar-refractivity contribution is 1.03. The second-order valence-electron chi connectivity index (χ2n) is 7.19. The van der Waals surface area contributed by atoms with E-state index >= 15 is 0 Å². The van der Waals surface area contributed by atoms with Gasteiger partial charge in [0, 0.05) is 21.5 Å². The van der Waals surface area contributed by atoms with Crippen LogP contribution in [0.2, 0.25) is 0 Å². The van der Waals surface area contributed by atoms with Crippen LogP contribution in [0.4, 0.5) is 0 Å². The van der Waals surface area contributed by atoms with Crippen molar-refractivity contribution < 1.29 is 0 Å². The van der Waals surface area contributed by atoms with Crippen LogP contribution in [0.15, 0.2) is 60.7 Å². The van der Waals surface area contributed by atoms with Gasteiger partial charge in [-0.25, -0.2) is 4.98 Å². The van der Waals surface area contributed by atoms with Crippen LogP contribution in [-0.4, -0.2) is 4.98 Å². The van der Waals surface area contributed by atoms with Crippen LogP contribution in [0.5, 0.6) is 0 Å². The summed E-state index contributed by atoms with van der Waals surface area (Å²) in [4.78, 5) is 5.20. The van der Waals surface area contributed by atoms with E-state index in [1.165, 1.54) is 49.0 Å². The van der Waals surface area contributed by atoms with E-state index in [-0.39, 0.29) is 0 Å². The molecule has 25 heavy (non-hydrogen) atoms. The summed E-state index contributed by atoms with van der Waals surface area (Å²) in [6.07, 6.45) is 2.31. The molecule has 0 radical (unpaired) electrons. The highest BCUT2D eigenvalue weighted by Crippen LogP contribution is 2.39. The molecule has 4 aromatic carbocycles. The molecule has 0 fully saturated rings. The molecule has 0 amide bonds. The van der Waals surface area contributed by atoms with E-state index in [1.807, 2.05) is 0 Å². The van der Waals surface area contributed by atoms with E-state index < -0.39 is 0 Å². The van der Waals surface area contributed by atoms with Crippen molar-refractivity contribution in [1.29, 1.82) is 0 Å². The molecule has 1 aliphatic carbocycles. The van der Waals surface area contributed by atoms with Crippen molar-refractivity contribution in [1.82, 2.24) is 4.98 Å². The monoisotopic (exact) mass is 319 g/mol. The number of fused-ring (bicyclic) bond motifs is 5. The molecule has 5 aromatic rings. The van der Waals surface area contributed by atoms with Gasteiger partial charge in [0.25, 0.3) is 0 Å². The standard InChI is InChI=1S/C24H17N/c1-14-18-12-11-15-5-2-3-7-19(15)23(18)25-24-20-8-4-6-16-9-10-17(22(16)20)13-21(14)24/h2-8,11-13H,9-10H2,1H3. The Morgan fingerprint density at radius 3 is 2.44 bits per heavy atom. The van der Waals surface area contributed by atoms with Gasteiger partial charge in [-0.1, -0.05) is 54.6 Å². The fourth-order valence-electron chi connectivity index (χ4n) is 4.65. The van der Waals surface area contributed by atoms with Gasteiger partial charge in [0.05, 0.1) is 11.0 Å². The van der Waals surface area contributed by atoms with E-state index in [9.17, 15) is 0 Å². The molecule has 0 atom stereocenters. The van der Waals surface area contributed by atoms with Crippen molar-refractivity contribution in [3.8, 4) is 0 Å². The third-order valence-electron chi connectivity index (χ3n) is 5.90. The first-order valence-electron chi connectivity index (χ1n) is 8.96. The largest absolute Gasteiger partial charge is 0.246 e. The van der Waals surface area contributed by atoms with Crippen molar-refractivity contribution in [2.24, 2.45) is 0 Å². The van der Waals surface area contributed by atoms with Gasteiger partial charge >= 0.3 is 0 Å². The molecule has 118 valence electrons. The Morgan fingerprint density at radius 1 is 0.680 bits per heavy atom. The molecule has 1 heterocycles. The van der Waals surface area contributed by atoms with Crippen LogP contribution >= 0.6 is 0 Å². The number of benzene rings is 4. The highest BCUT2D eigenvalue weighted by Gasteiger charge is 2.18. The number of rotatable bonds is 0. The maximum absolute atomic E-state index is 5.20. The minimum absolute atomic E-state index is 1.13. The molecule has 6 rings (SSSR count). The van der Waals surface area contributed by atoms with Gasteiger partial charge in [-0.15, -0.1) is 0 Å². The van der Waals surface area contributed by atoms with Gasteiger partial charge in [0.1, 0.15) is 0 Å². The van der Waals surface area contributed by atoms with Crippen molar-refractivity contribution in [3.05, 3.63) is 77.4 Å². The minimum atomic E-state index is 1.13. The molecule has 1 aromatic heterocycles. The fraction of sp³-hybridized carbons (Fsp3) is 0.125. The molecule has 1 heteroatoms. The maximum atomic E-state index is 5.20. The zero-order valence-corrected chi connectivity index (χ0v) is 14.1. The molecule has 0 aliphatic heterocycles. The van der Waals surface area contributed by atoms with E-state index in [2.05, 4.69) is 67.6 Å². The Kier molecular flexibility index (Phi) is 2.45. The van der Waals surface area contributed by atoms with Gasteiger partial charge in [-0.05, 0) is 53.3 Å². The van der Waals surface area contributed by atoms with Crippen LogP contribution in [0.25, 0.3) is 43.4 Å². The minimum Gasteiger partial charge on any atom is -0.246 e. The highest BCUT2D eigenvalue weighted by atomic mass is 14.7. The Hall–Kier alpha value is -2.93. The second-order valence-corrected chi connectivity index (χ2v) is 7.19. The third-order valence-corrected chi connectivity index (χ3v) is 5.90. The predicted octanol–water partition coefficient (Wildman–Crippen LogP) is 6.10. The topological polar surface area (TPSA) is 12.9 Å². The van der Waals surface area contributed by atoms with Gasteiger partial charge < -0.3 is 0 Å². The summed E-state index contributed by atoms with van der Waals surface area (Å²) in [5, 5.41) is 7.85. The Morgan fingerprint density at radius 2 is 1.48 bits per heavy atom. The SMILES string of the molecule is Cc1c2ccc3ccccc3c2nc2c1cc1c3c(cccc32)CC1. The summed E-state index contributed by atoms with van der Waals surface area (Å²) < 4.78 is 0. The van der Waals surface area contributed by atoms with Crippen molar-refractivity contribution >= 4 is 43.4 Å². The van der Waals surface area contributed by atoms with Gasteiger partial charge in [0.15, 0.2) is 0 Å². The van der Waals surface area contributed by atoms with Crippen LogP contribution in [-0.2, 0) is 12.8 Å². The molecular weight excluding hydrogens is 302 g/mol. The molecule has 1 aliphatic rings. The summed E-state index contributed by atoms with van der Waals surface area (Å²) in [5.74, 6) is 0. The number of aryl methyl sites for hydroxylation is 3. The van der Waals surface area contributed by atoms with Crippen molar-refractivity contribution in [2.75, 3.05) is 0 Å². The third kappa shape index (κ3) is 1.65. The number of pyridine rings is 1. The lowest BCUT2D eigenvalue weighted by Gasteiger charge is -2.13. The lowest BCUT2D eigenvalue weighted by Crippen LogP contribution is -1.92. The summed E-state index contributed by atoms with van der Waals surface area (Å²) in [7, 11) is 0. The second kappa shape index (κ2) is 4.58. The fourth-order valence-corrected chi connectivity index (χ4v) is 4.65. The molecule has 0 spiro atoms. The highest BCUT2D eigenvalue weighted by molar-refractivity contribution is 6.16. The van der Waals surface area contributed by atoms with Crippen LogP contribution < -0.4 is 0 Å². The average Bonchev–Trinajstić information content (AvgIpc) is 3.07. The Bertz CT molecular complexity index is 1340. The number of hydrogen-bond donors (Lipinski definition) is 0. The average molecular weight is 319 g/mol. The van der Waals surface area contributed by atoms with Crippen LogP contribution in [0.1, 0.15) is 16.7 Å². The maximum Gasteiger partial charge on any atom is 0.0791 e. The molecule has 0 bridgehead atoms. The molecule has 0 unspecified atom stereocenters. The van der Waals surface area contributed by atoms with E-state index in [1.54, 1.807) is 0 Å².